The number of rotatable bonds is 8. The average Bonchev–Trinajstić information content (AvgIpc) is 3.16. The van der Waals surface area contributed by atoms with Crippen molar-refractivity contribution in [1.29, 1.82) is 0 Å². The van der Waals surface area contributed by atoms with Crippen LogP contribution < -0.4 is 4.74 Å². The van der Waals surface area contributed by atoms with Gasteiger partial charge in [0.2, 0.25) is 5.91 Å². The summed E-state index contributed by atoms with van der Waals surface area (Å²) < 4.78 is 5.05. The normalized spacial score (nSPS) is 16.3. The van der Waals surface area contributed by atoms with Gasteiger partial charge in [0.05, 0.1) is 7.11 Å². The molecular weight excluding hydrogens is 354 g/mol. The first-order valence-corrected chi connectivity index (χ1v) is 9.96. The molecule has 1 fully saturated rings. The van der Waals surface area contributed by atoms with Crippen LogP contribution in [-0.2, 0) is 17.6 Å². The summed E-state index contributed by atoms with van der Waals surface area (Å²) in [5, 5.41) is 19.2. The molecule has 1 heterocycles. The number of unbranched alkanes of at least 4 members (excludes halogenated alkanes) is 1. The van der Waals surface area contributed by atoms with Gasteiger partial charge in [-0.15, -0.1) is 0 Å². The van der Waals surface area contributed by atoms with Crippen molar-refractivity contribution in [2.75, 3.05) is 20.2 Å². The Morgan fingerprint density at radius 3 is 2.57 bits per heavy atom. The first-order chi connectivity index (χ1) is 13.5. The monoisotopic (exact) mass is 383 g/mol. The van der Waals surface area contributed by atoms with Crippen LogP contribution >= 0.6 is 0 Å². The quantitative estimate of drug-likeness (QED) is 0.678. The minimum Gasteiger partial charge on any atom is -0.508 e. The van der Waals surface area contributed by atoms with Gasteiger partial charge in [0.15, 0.2) is 11.5 Å². The van der Waals surface area contributed by atoms with E-state index in [1.165, 1.54) is 12.7 Å². The summed E-state index contributed by atoms with van der Waals surface area (Å²) in [7, 11) is 1.54. The first-order valence-electron chi connectivity index (χ1n) is 9.96. The SMILES string of the molecule is COc1ccc(CCCCC(=O)N2CCC(Cc3ccc(O)cc3)C2)cc1O. The molecule has 2 aromatic rings. The molecule has 2 aromatic carbocycles. The second kappa shape index (κ2) is 9.49. The molecule has 1 atom stereocenters. The average molecular weight is 383 g/mol. The van der Waals surface area contributed by atoms with E-state index in [1.807, 2.05) is 23.1 Å². The lowest BCUT2D eigenvalue weighted by atomic mass is 9.99. The van der Waals surface area contributed by atoms with Gasteiger partial charge in [-0.3, -0.25) is 4.79 Å². The number of hydrogen-bond acceptors (Lipinski definition) is 4. The summed E-state index contributed by atoms with van der Waals surface area (Å²) in [5.41, 5.74) is 2.26. The zero-order valence-corrected chi connectivity index (χ0v) is 16.4. The number of methoxy groups -OCH3 is 1. The summed E-state index contributed by atoms with van der Waals surface area (Å²) >= 11 is 0. The van der Waals surface area contributed by atoms with Crippen LogP contribution in [0.4, 0.5) is 0 Å². The Bertz CT molecular complexity index is 788. The van der Waals surface area contributed by atoms with Crippen LogP contribution in [0.3, 0.4) is 0 Å². The van der Waals surface area contributed by atoms with Gasteiger partial charge in [0.1, 0.15) is 5.75 Å². The van der Waals surface area contributed by atoms with E-state index in [0.29, 0.717) is 18.1 Å². The first kappa shape index (κ1) is 20.1. The molecule has 5 nitrogen and oxygen atoms in total. The van der Waals surface area contributed by atoms with Gasteiger partial charge < -0.3 is 19.8 Å². The van der Waals surface area contributed by atoms with Gasteiger partial charge in [-0.05, 0) is 73.4 Å². The van der Waals surface area contributed by atoms with Gasteiger partial charge in [0, 0.05) is 19.5 Å². The Morgan fingerprint density at radius 1 is 1.11 bits per heavy atom. The van der Waals surface area contributed by atoms with E-state index in [1.54, 1.807) is 24.3 Å². The lowest BCUT2D eigenvalue weighted by Crippen LogP contribution is -2.28. The Hall–Kier alpha value is -2.69. The summed E-state index contributed by atoms with van der Waals surface area (Å²) in [6.07, 6.45) is 5.18. The van der Waals surface area contributed by atoms with E-state index >= 15 is 0 Å². The second-order valence-electron chi connectivity index (χ2n) is 7.58. The van der Waals surface area contributed by atoms with Gasteiger partial charge in [0.25, 0.3) is 0 Å². The molecule has 1 saturated heterocycles. The highest BCUT2D eigenvalue weighted by Crippen LogP contribution is 2.27. The number of phenolic OH excluding ortho intramolecular Hbond substituents is 2. The van der Waals surface area contributed by atoms with Crippen LogP contribution in [0.2, 0.25) is 0 Å². The number of ether oxygens (including phenoxy) is 1. The fraction of sp³-hybridized carbons (Fsp3) is 0.435. The number of phenols is 2. The zero-order chi connectivity index (χ0) is 19.9. The number of likely N-dealkylation sites (tertiary alicyclic amines) is 1. The van der Waals surface area contributed by atoms with E-state index in [2.05, 4.69) is 0 Å². The van der Waals surface area contributed by atoms with Crippen LogP contribution in [0.1, 0.15) is 36.8 Å². The molecular formula is C23H29NO4. The van der Waals surface area contributed by atoms with E-state index < -0.39 is 0 Å². The number of aryl methyl sites for hydroxylation is 1. The van der Waals surface area contributed by atoms with Crippen molar-refractivity contribution in [3.8, 4) is 17.2 Å². The molecule has 28 heavy (non-hydrogen) atoms. The largest absolute Gasteiger partial charge is 0.508 e. The van der Waals surface area contributed by atoms with Crippen LogP contribution in [0.15, 0.2) is 42.5 Å². The van der Waals surface area contributed by atoms with Crippen molar-refractivity contribution in [2.45, 2.75) is 38.5 Å². The lowest BCUT2D eigenvalue weighted by Gasteiger charge is -2.16. The summed E-state index contributed by atoms with van der Waals surface area (Å²) in [4.78, 5) is 14.5. The Kier molecular flexibility index (Phi) is 6.80. The van der Waals surface area contributed by atoms with E-state index in [9.17, 15) is 15.0 Å². The summed E-state index contributed by atoms with van der Waals surface area (Å²) in [5.74, 6) is 1.67. The molecule has 0 saturated carbocycles. The summed E-state index contributed by atoms with van der Waals surface area (Å²) in [6, 6.07) is 12.8. The second-order valence-corrected chi connectivity index (χ2v) is 7.58. The Labute approximate surface area is 166 Å². The van der Waals surface area contributed by atoms with Crippen LogP contribution in [0.25, 0.3) is 0 Å². The number of benzene rings is 2. The molecule has 0 radical (unpaired) electrons. The molecule has 1 aliphatic rings. The molecule has 0 aromatic heterocycles. The maximum atomic E-state index is 12.5. The number of aromatic hydroxyl groups is 2. The third kappa shape index (κ3) is 5.41. The zero-order valence-electron chi connectivity index (χ0n) is 16.4. The molecule has 1 amide bonds. The molecule has 2 N–H and O–H groups in total. The minimum atomic E-state index is 0.160. The van der Waals surface area contributed by atoms with Gasteiger partial charge in [-0.2, -0.15) is 0 Å². The van der Waals surface area contributed by atoms with Gasteiger partial charge in [-0.1, -0.05) is 18.2 Å². The smallest absolute Gasteiger partial charge is 0.222 e. The highest BCUT2D eigenvalue weighted by Gasteiger charge is 2.25. The third-order valence-corrected chi connectivity index (χ3v) is 5.45. The summed E-state index contributed by atoms with van der Waals surface area (Å²) in [6.45, 7) is 1.67. The maximum Gasteiger partial charge on any atom is 0.222 e. The van der Waals surface area contributed by atoms with Crippen molar-refractivity contribution >= 4 is 5.91 Å². The van der Waals surface area contributed by atoms with E-state index in [4.69, 9.17) is 4.74 Å². The molecule has 0 aliphatic carbocycles. The lowest BCUT2D eigenvalue weighted by molar-refractivity contribution is -0.130. The predicted molar refractivity (Wildman–Crippen MR) is 109 cm³/mol. The van der Waals surface area contributed by atoms with Crippen molar-refractivity contribution < 1.29 is 19.7 Å². The number of nitrogens with zero attached hydrogens (tertiary/aromatic N) is 1. The molecule has 0 spiro atoms. The standard InChI is InChI=1S/C23H29NO4/c1-28-22-11-8-17(15-21(22)26)4-2-3-5-23(27)24-13-12-19(16-24)14-18-6-9-20(25)10-7-18/h6-11,15,19,25-26H,2-5,12-14,16H2,1H3. The molecule has 0 bridgehead atoms. The highest BCUT2D eigenvalue weighted by atomic mass is 16.5. The topological polar surface area (TPSA) is 70.0 Å². The number of carbonyl (C=O) groups is 1. The van der Waals surface area contributed by atoms with Crippen molar-refractivity contribution in [1.82, 2.24) is 4.90 Å². The maximum absolute atomic E-state index is 12.5. The number of carbonyl (C=O) groups excluding carboxylic acids is 1. The Balaban J connectivity index is 1.37. The van der Waals surface area contributed by atoms with Crippen LogP contribution in [0.5, 0.6) is 17.2 Å². The third-order valence-electron chi connectivity index (χ3n) is 5.45. The van der Waals surface area contributed by atoms with E-state index in [-0.39, 0.29) is 17.4 Å². The molecule has 1 unspecified atom stereocenters. The fourth-order valence-corrected chi connectivity index (χ4v) is 3.85. The molecule has 150 valence electrons. The van der Waals surface area contributed by atoms with Crippen molar-refractivity contribution in [3.05, 3.63) is 53.6 Å². The highest BCUT2D eigenvalue weighted by molar-refractivity contribution is 5.76. The van der Waals surface area contributed by atoms with Crippen LogP contribution in [0, 0.1) is 5.92 Å². The molecule has 3 rings (SSSR count). The van der Waals surface area contributed by atoms with Crippen molar-refractivity contribution in [2.24, 2.45) is 5.92 Å². The van der Waals surface area contributed by atoms with Crippen LogP contribution in [-0.4, -0.2) is 41.2 Å². The Morgan fingerprint density at radius 2 is 1.86 bits per heavy atom. The number of amides is 1. The van der Waals surface area contributed by atoms with Crippen molar-refractivity contribution in [3.63, 3.8) is 0 Å². The van der Waals surface area contributed by atoms with E-state index in [0.717, 1.165) is 50.8 Å². The van der Waals surface area contributed by atoms with Gasteiger partial charge >= 0.3 is 0 Å². The number of hydrogen-bond donors (Lipinski definition) is 2. The molecule has 1 aliphatic heterocycles. The predicted octanol–water partition coefficient (Wildman–Crippen LogP) is 3.91. The minimum absolute atomic E-state index is 0.160. The fourth-order valence-electron chi connectivity index (χ4n) is 3.85. The molecule has 5 heteroatoms. The van der Waals surface area contributed by atoms with Gasteiger partial charge in [-0.25, -0.2) is 0 Å².